The van der Waals surface area contributed by atoms with Gasteiger partial charge in [0.05, 0.1) is 6.42 Å². The molecule has 0 aliphatic carbocycles. The summed E-state index contributed by atoms with van der Waals surface area (Å²) in [7, 11) is 0. The molecule has 0 spiro atoms. The summed E-state index contributed by atoms with van der Waals surface area (Å²) in [6.07, 6.45) is -16.4. The van der Waals surface area contributed by atoms with Gasteiger partial charge in [-0.15, -0.1) is 0 Å². The van der Waals surface area contributed by atoms with Crippen molar-refractivity contribution in [3.63, 3.8) is 0 Å². The van der Waals surface area contributed by atoms with Gasteiger partial charge in [0, 0.05) is 0 Å². The van der Waals surface area contributed by atoms with Crippen LogP contribution in [0.2, 0.25) is 0 Å². The SMILES string of the molecule is FC(F)=C(F)C(F)(Cl)C(F)(F)CC(Cl)(Cl)C(F)C(F)(F)F. The topological polar surface area (TPSA) is 0 Å². The fourth-order valence-electron chi connectivity index (χ4n) is 1.02. The lowest BCUT2D eigenvalue weighted by atomic mass is 10.0. The van der Waals surface area contributed by atoms with Crippen molar-refractivity contribution in [2.24, 2.45) is 0 Å². The predicted molar refractivity (Wildman–Crippen MR) is 55.0 cm³/mol. The van der Waals surface area contributed by atoms with Crippen LogP contribution in [0.4, 0.5) is 43.9 Å². The lowest BCUT2D eigenvalue weighted by molar-refractivity contribution is -0.191. The molecule has 0 N–H and O–H groups in total. The van der Waals surface area contributed by atoms with Crippen molar-refractivity contribution in [3.05, 3.63) is 11.9 Å². The second-order valence-electron chi connectivity index (χ2n) is 3.70. The Bertz CT molecular complexity index is 409. The second kappa shape index (κ2) is 6.19. The third kappa shape index (κ3) is 4.69. The zero-order valence-electron chi connectivity index (χ0n) is 9.20. The number of alkyl halides is 10. The molecule has 0 radical (unpaired) electrons. The van der Waals surface area contributed by atoms with Crippen molar-refractivity contribution in [1.82, 2.24) is 0 Å². The molecule has 0 fully saturated rings. The fraction of sp³-hybridized carbons (Fsp3) is 0.750. The molecule has 0 aliphatic rings. The number of allylic oxidation sites excluding steroid dienone is 1. The van der Waals surface area contributed by atoms with Gasteiger partial charge < -0.3 is 0 Å². The Morgan fingerprint density at radius 2 is 1.24 bits per heavy atom. The maximum Gasteiger partial charge on any atom is 0.422 e. The van der Waals surface area contributed by atoms with E-state index in [9.17, 15) is 43.9 Å². The van der Waals surface area contributed by atoms with Crippen LogP contribution in [0, 0.1) is 0 Å². The molecular weight excluding hydrogens is 392 g/mol. The lowest BCUT2D eigenvalue weighted by Gasteiger charge is -2.33. The number of rotatable bonds is 5. The van der Waals surface area contributed by atoms with Crippen molar-refractivity contribution in [2.75, 3.05) is 0 Å². The van der Waals surface area contributed by atoms with E-state index in [-0.39, 0.29) is 0 Å². The van der Waals surface area contributed by atoms with Crippen LogP contribution in [0.3, 0.4) is 0 Å². The summed E-state index contributed by atoms with van der Waals surface area (Å²) in [5.41, 5.74) is 0. The number of hydrogen-bond acceptors (Lipinski definition) is 0. The quantitative estimate of drug-likeness (QED) is 0.392. The van der Waals surface area contributed by atoms with E-state index < -0.39 is 46.1 Å². The van der Waals surface area contributed by atoms with E-state index >= 15 is 0 Å². The average molecular weight is 395 g/mol. The van der Waals surface area contributed by atoms with Gasteiger partial charge in [0.1, 0.15) is 0 Å². The van der Waals surface area contributed by atoms with Gasteiger partial charge in [-0.3, -0.25) is 0 Å². The molecule has 2 unspecified atom stereocenters. The summed E-state index contributed by atoms with van der Waals surface area (Å²) < 4.78 is 121. The second-order valence-corrected chi connectivity index (χ2v) is 5.76. The minimum absolute atomic E-state index is 2.73. The molecule has 2 atom stereocenters. The van der Waals surface area contributed by atoms with Gasteiger partial charge in [0.15, 0.2) is 4.33 Å². The van der Waals surface area contributed by atoms with Crippen LogP contribution in [-0.4, -0.2) is 27.7 Å². The molecule has 0 aromatic rings. The summed E-state index contributed by atoms with van der Waals surface area (Å²) in [4.78, 5) is 0. The van der Waals surface area contributed by atoms with E-state index in [2.05, 4.69) is 34.8 Å². The smallest absolute Gasteiger partial charge is 0.234 e. The van der Waals surface area contributed by atoms with E-state index in [1.165, 1.54) is 0 Å². The summed E-state index contributed by atoms with van der Waals surface area (Å²) in [6, 6.07) is 0. The molecule has 0 saturated carbocycles. The highest BCUT2D eigenvalue weighted by molar-refractivity contribution is 6.49. The normalized spacial score (nSPS) is 18.1. The molecule has 21 heavy (non-hydrogen) atoms. The zero-order chi connectivity index (χ0) is 17.4. The first-order valence-corrected chi connectivity index (χ1v) is 5.65. The minimum atomic E-state index is -5.81. The highest BCUT2D eigenvalue weighted by atomic mass is 35.5. The predicted octanol–water partition coefficient (Wildman–Crippen LogP) is 6.07. The third-order valence-electron chi connectivity index (χ3n) is 2.02. The fourth-order valence-corrected chi connectivity index (χ4v) is 1.74. The molecule has 0 aromatic heterocycles. The summed E-state index contributed by atoms with van der Waals surface area (Å²) in [6.45, 7) is 0. The van der Waals surface area contributed by atoms with Gasteiger partial charge in [0.2, 0.25) is 12.0 Å². The lowest BCUT2D eigenvalue weighted by Crippen LogP contribution is -2.49. The zero-order valence-corrected chi connectivity index (χ0v) is 11.5. The van der Waals surface area contributed by atoms with Crippen molar-refractivity contribution in [3.8, 4) is 0 Å². The van der Waals surface area contributed by atoms with Gasteiger partial charge in [-0.25, -0.2) is 22.0 Å². The molecule has 126 valence electrons. The highest BCUT2D eigenvalue weighted by Gasteiger charge is 2.65. The van der Waals surface area contributed by atoms with E-state index in [4.69, 9.17) is 0 Å². The number of halogens is 13. The van der Waals surface area contributed by atoms with Crippen LogP contribution in [0.1, 0.15) is 6.42 Å². The number of hydrogen-bond donors (Lipinski definition) is 0. The van der Waals surface area contributed by atoms with Crippen molar-refractivity contribution < 1.29 is 43.9 Å². The Kier molecular flexibility index (Phi) is 6.17. The Balaban J connectivity index is 5.53. The Morgan fingerprint density at radius 3 is 1.52 bits per heavy atom. The molecule has 0 rings (SSSR count). The van der Waals surface area contributed by atoms with E-state index in [1.807, 2.05) is 0 Å². The maximum absolute atomic E-state index is 13.2. The summed E-state index contributed by atoms with van der Waals surface area (Å²) in [5, 5.41) is -5.26. The van der Waals surface area contributed by atoms with Crippen LogP contribution in [0.15, 0.2) is 11.9 Å². The van der Waals surface area contributed by atoms with Gasteiger partial charge >= 0.3 is 23.3 Å². The van der Waals surface area contributed by atoms with Crippen molar-refractivity contribution in [2.45, 2.75) is 34.2 Å². The first-order valence-electron chi connectivity index (χ1n) is 4.52. The Hall–Kier alpha value is -0.0900. The molecule has 0 bridgehead atoms. The first kappa shape index (κ1) is 20.9. The summed E-state index contributed by atoms with van der Waals surface area (Å²) >= 11 is 13.6. The Labute approximate surface area is 125 Å². The Morgan fingerprint density at radius 1 is 0.857 bits per heavy atom. The average Bonchev–Trinajstić information content (AvgIpc) is 2.23. The van der Waals surface area contributed by atoms with Crippen LogP contribution in [0.25, 0.3) is 0 Å². The van der Waals surface area contributed by atoms with Crippen LogP contribution in [0.5, 0.6) is 0 Å². The largest absolute Gasteiger partial charge is 0.422 e. The molecule has 0 saturated heterocycles. The minimum Gasteiger partial charge on any atom is -0.234 e. The van der Waals surface area contributed by atoms with E-state index in [1.54, 1.807) is 0 Å². The van der Waals surface area contributed by atoms with Crippen molar-refractivity contribution in [1.29, 1.82) is 0 Å². The van der Waals surface area contributed by atoms with Crippen molar-refractivity contribution >= 4 is 34.8 Å². The van der Waals surface area contributed by atoms with Crippen LogP contribution < -0.4 is 0 Å². The molecule has 0 heterocycles. The summed E-state index contributed by atoms with van der Waals surface area (Å²) in [5.74, 6) is -8.94. The van der Waals surface area contributed by atoms with Crippen LogP contribution >= 0.6 is 34.8 Å². The molecule has 0 aliphatic heterocycles. The molecular formula is C8H3Cl3F10. The first-order chi connectivity index (χ1) is 8.97. The third-order valence-corrected chi connectivity index (χ3v) is 3.11. The van der Waals surface area contributed by atoms with Gasteiger partial charge in [-0.1, -0.05) is 34.8 Å². The molecule has 13 heteroatoms. The molecule has 0 aromatic carbocycles. The highest BCUT2D eigenvalue weighted by Crippen LogP contribution is 2.52. The van der Waals surface area contributed by atoms with E-state index in [0.29, 0.717) is 0 Å². The van der Waals surface area contributed by atoms with Gasteiger partial charge in [-0.05, 0) is 0 Å². The van der Waals surface area contributed by atoms with Crippen LogP contribution in [-0.2, 0) is 0 Å². The van der Waals surface area contributed by atoms with E-state index in [0.717, 1.165) is 0 Å². The van der Waals surface area contributed by atoms with Gasteiger partial charge in [0.25, 0.3) is 0 Å². The standard InChI is InChI=1S/C8H3Cl3F10/c9-5(10,4(15)8(19,20)21)1-6(16,17)7(11,18)2(12)3(13)14/h4H,1H2. The molecule has 0 amide bonds. The molecule has 0 nitrogen and oxygen atoms in total. The monoisotopic (exact) mass is 394 g/mol. The van der Waals surface area contributed by atoms with Gasteiger partial charge in [-0.2, -0.15) is 22.0 Å². The maximum atomic E-state index is 13.2.